The highest BCUT2D eigenvalue weighted by Gasteiger charge is 2.20. The number of nitrogens with one attached hydrogen (secondary N) is 1. The fourth-order valence-electron chi connectivity index (χ4n) is 2.99. The van der Waals surface area contributed by atoms with E-state index in [-0.39, 0.29) is 0 Å². The third-order valence-electron chi connectivity index (χ3n) is 4.35. The van der Waals surface area contributed by atoms with Crippen LogP contribution in [0.25, 0.3) is 0 Å². The Morgan fingerprint density at radius 2 is 1.70 bits per heavy atom. The maximum Gasteiger partial charge on any atom is 0.0739 e. The summed E-state index contributed by atoms with van der Waals surface area (Å²) in [5, 5.41) is 4.97. The van der Waals surface area contributed by atoms with Crippen LogP contribution in [-0.4, -0.2) is 24.0 Å². The van der Waals surface area contributed by atoms with E-state index in [1.54, 1.807) is 0 Å². The van der Waals surface area contributed by atoms with E-state index < -0.39 is 0 Å². The number of likely N-dealkylation sites (tertiary alicyclic amines) is 1. The van der Waals surface area contributed by atoms with Crippen LogP contribution in [-0.2, 0) is 6.54 Å². The van der Waals surface area contributed by atoms with Crippen LogP contribution in [0.4, 0.5) is 11.4 Å². The molecular weight excluding hydrogens is 329 g/mol. The molecule has 0 saturated carbocycles. The summed E-state index contributed by atoms with van der Waals surface area (Å²) in [7, 11) is 0. The lowest BCUT2D eigenvalue weighted by Gasteiger charge is -2.33. The van der Waals surface area contributed by atoms with Gasteiger partial charge < -0.3 is 11.1 Å². The Balaban J connectivity index is 1.54. The number of nitrogens with zero attached hydrogens (tertiary/aromatic N) is 1. The number of anilines is 2. The highest BCUT2D eigenvalue weighted by atomic mass is 35.5. The maximum atomic E-state index is 6.25. The molecule has 0 radical (unpaired) electrons. The molecule has 3 N–H and O–H groups in total. The minimum absolute atomic E-state index is 0.429. The SMILES string of the molecule is Nc1c(Cl)cccc1NC1CCN(Cc2ccccc2Cl)CC1. The fourth-order valence-corrected chi connectivity index (χ4v) is 3.36. The summed E-state index contributed by atoms with van der Waals surface area (Å²) in [4.78, 5) is 2.45. The van der Waals surface area contributed by atoms with Gasteiger partial charge in [0.1, 0.15) is 0 Å². The van der Waals surface area contributed by atoms with Gasteiger partial charge in [0.05, 0.1) is 16.4 Å². The van der Waals surface area contributed by atoms with Crippen LogP contribution in [0, 0.1) is 0 Å². The summed E-state index contributed by atoms with van der Waals surface area (Å²) in [6, 6.07) is 14.2. The lowest BCUT2D eigenvalue weighted by atomic mass is 10.0. The second-order valence-electron chi connectivity index (χ2n) is 5.99. The summed E-state index contributed by atoms with van der Waals surface area (Å²) in [6.07, 6.45) is 2.16. The lowest BCUT2D eigenvalue weighted by molar-refractivity contribution is 0.211. The molecule has 1 aliphatic rings. The zero-order valence-electron chi connectivity index (χ0n) is 12.9. The number of halogens is 2. The minimum atomic E-state index is 0.429. The first kappa shape index (κ1) is 16.4. The van der Waals surface area contributed by atoms with Gasteiger partial charge >= 0.3 is 0 Å². The van der Waals surface area contributed by atoms with Crippen molar-refractivity contribution in [3.8, 4) is 0 Å². The van der Waals surface area contributed by atoms with Gasteiger partial charge in [-0.1, -0.05) is 47.5 Å². The maximum absolute atomic E-state index is 6.25. The number of piperidine rings is 1. The Kier molecular flexibility index (Phi) is 5.31. The van der Waals surface area contributed by atoms with Gasteiger partial charge in [-0.2, -0.15) is 0 Å². The van der Waals surface area contributed by atoms with Gasteiger partial charge in [-0.05, 0) is 36.6 Å². The monoisotopic (exact) mass is 349 g/mol. The van der Waals surface area contributed by atoms with Crippen LogP contribution in [0.15, 0.2) is 42.5 Å². The van der Waals surface area contributed by atoms with Crippen LogP contribution in [0.3, 0.4) is 0 Å². The number of nitrogens with two attached hydrogens (primary N) is 1. The van der Waals surface area contributed by atoms with Gasteiger partial charge in [-0.3, -0.25) is 4.90 Å². The third kappa shape index (κ3) is 4.11. The standard InChI is InChI=1S/C18H21Cl2N3/c19-15-5-2-1-4-13(15)12-23-10-8-14(9-11-23)22-17-7-3-6-16(20)18(17)21/h1-7,14,22H,8-12,21H2. The summed E-state index contributed by atoms with van der Waals surface area (Å²) >= 11 is 12.3. The van der Waals surface area contributed by atoms with E-state index in [2.05, 4.69) is 16.3 Å². The van der Waals surface area contributed by atoms with Crippen LogP contribution < -0.4 is 11.1 Å². The summed E-state index contributed by atoms with van der Waals surface area (Å²) in [5.41, 5.74) is 8.79. The normalized spacial score (nSPS) is 16.4. The average Bonchev–Trinajstić information content (AvgIpc) is 2.56. The van der Waals surface area contributed by atoms with Crippen molar-refractivity contribution in [1.82, 2.24) is 4.90 Å². The van der Waals surface area contributed by atoms with Crippen LogP contribution in [0.2, 0.25) is 10.0 Å². The topological polar surface area (TPSA) is 41.3 Å². The third-order valence-corrected chi connectivity index (χ3v) is 5.05. The first-order valence-corrected chi connectivity index (χ1v) is 8.65. The Morgan fingerprint density at radius 1 is 1.00 bits per heavy atom. The number of hydrogen-bond donors (Lipinski definition) is 2. The molecule has 1 saturated heterocycles. The number of benzene rings is 2. The lowest BCUT2D eigenvalue weighted by Crippen LogP contribution is -2.38. The van der Waals surface area contributed by atoms with Crippen molar-refractivity contribution in [1.29, 1.82) is 0 Å². The molecular formula is C18H21Cl2N3. The molecule has 0 aromatic heterocycles. The average molecular weight is 350 g/mol. The van der Waals surface area contributed by atoms with Crippen molar-refractivity contribution >= 4 is 34.6 Å². The first-order valence-electron chi connectivity index (χ1n) is 7.90. The van der Waals surface area contributed by atoms with Crippen LogP contribution >= 0.6 is 23.2 Å². The zero-order valence-corrected chi connectivity index (χ0v) is 14.4. The fraction of sp³-hybridized carbons (Fsp3) is 0.333. The molecule has 3 nitrogen and oxygen atoms in total. The van der Waals surface area contributed by atoms with Crippen molar-refractivity contribution in [2.24, 2.45) is 0 Å². The van der Waals surface area contributed by atoms with E-state index in [1.165, 1.54) is 5.56 Å². The van der Waals surface area contributed by atoms with Crippen molar-refractivity contribution in [3.05, 3.63) is 58.1 Å². The zero-order chi connectivity index (χ0) is 16.2. The van der Waals surface area contributed by atoms with E-state index in [1.807, 2.05) is 36.4 Å². The van der Waals surface area contributed by atoms with Gasteiger partial charge in [0, 0.05) is 30.7 Å². The van der Waals surface area contributed by atoms with Gasteiger partial charge in [-0.25, -0.2) is 0 Å². The number of nitrogen functional groups attached to an aromatic ring is 1. The predicted molar refractivity (Wildman–Crippen MR) is 99.2 cm³/mol. The minimum Gasteiger partial charge on any atom is -0.396 e. The van der Waals surface area contributed by atoms with E-state index >= 15 is 0 Å². The number of hydrogen-bond acceptors (Lipinski definition) is 3. The second kappa shape index (κ2) is 7.43. The van der Waals surface area contributed by atoms with E-state index in [0.717, 1.165) is 43.2 Å². The van der Waals surface area contributed by atoms with Gasteiger partial charge in [0.25, 0.3) is 0 Å². The highest BCUT2D eigenvalue weighted by Crippen LogP contribution is 2.29. The molecule has 5 heteroatoms. The van der Waals surface area contributed by atoms with Gasteiger partial charge in [0.15, 0.2) is 0 Å². The molecule has 0 aliphatic carbocycles. The Hall–Kier alpha value is -1.42. The molecule has 1 heterocycles. The Morgan fingerprint density at radius 3 is 2.43 bits per heavy atom. The molecule has 0 unspecified atom stereocenters. The van der Waals surface area contributed by atoms with Crippen molar-refractivity contribution in [2.45, 2.75) is 25.4 Å². The molecule has 23 heavy (non-hydrogen) atoms. The predicted octanol–water partition coefficient (Wildman–Crippen LogP) is 4.65. The highest BCUT2D eigenvalue weighted by molar-refractivity contribution is 6.33. The van der Waals surface area contributed by atoms with Crippen LogP contribution in [0.1, 0.15) is 18.4 Å². The van der Waals surface area contributed by atoms with E-state index in [9.17, 15) is 0 Å². The van der Waals surface area contributed by atoms with Crippen LogP contribution in [0.5, 0.6) is 0 Å². The summed E-state index contributed by atoms with van der Waals surface area (Å²) in [5.74, 6) is 0. The molecule has 1 aliphatic heterocycles. The second-order valence-corrected chi connectivity index (χ2v) is 6.80. The Bertz CT molecular complexity index is 667. The molecule has 0 bridgehead atoms. The van der Waals surface area contributed by atoms with E-state index in [4.69, 9.17) is 28.9 Å². The molecule has 3 rings (SSSR count). The molecule has 2 aromatic rings. The molecule has 0 amide bonds. The Labute approximate surface area is 147 Å². The van der Waals surface area contributed by atoms with Crippen molar-refractivity contribution in [3.63, 3.8) is 0 Å². The number of para-hydroxylation sites is 1. The van der Waals surface area contributed by atoms with Crippen molar-refractivity contribution < 1.29 is 0 Å². The molecule has 0 spiro atoms. The molecule has 2 aromatic carbocycles. The summed E-state index contributed by atoms with van der Waals surface area (Å²) < 4.78 is 0. The molecule has 0 atom stereocenters. The summed E-state index contributed by atoms with van der Waals surface area (Å²) in [6.45, 7) is 3.00. The molecule has 122 valence electrons. The van der Waals surface area contributed by atoms with E-state index in [0.29, 0.717) is 16.8 Å². The van der Waals surface area contributed by atoms with Gasteiger partial charge in [-0.15, -0.1) is 0 Å². The first-order chi connectivity index (χ1) is 11.1. The van der Waals surface area contributed by atoms with Crippen molar-refractivity contribution in [2.75, 3.05) is 24.1 Å². The largest absolute Gasteiger partial charge is 0.396 e. The van der Waals surface area contributed by atoms with Gasteiger partial charge in [0.2, 0.25) is 0 Å². The smallest absolute Gasteiger partial charge is 0.0739 e. The quantitative estimate of drug-likeness (QED) is 0.789. The number of rotatable bonds is 4. The molecule has 1 fully saturated rings.